The average Bonchev–Trinajstić information content (AvgIpc) is 2.25. The fourth-order valence-corrected chi connectivity index (χ4v) is 1.88. The summed E-state index contributed by atoms with van der Waals surface area (Å²) >= 11 is 3.36. The highest BCUT2D eigenvalue weighted by Crippen LogP contribution is 2.28. The highest BCUT2D eigenvalue weighted by atomic mass is 79.9. The van der Waals surface area contributed by atoms with Gasteiger partial charge in [-0.25, -0.2) is 0 Å². The van der Waals surface area contributed by atoms with Crippen molar-refractivity contribution >= 4 is 27.5 Å². The maximum Gasteiger partial charge on any atom is 0.240 e. The van der Waals surface area contributed by atoms with Crippen LogP contribution in [0.1, 0.15) is 38.8 Å². The fraction of sp³-hybridized carbons (Fsp3) is 0.562. The number of carbonyl (C=O) groups excluding carboxylic acids is 1. The predicted octanol–water partition coefficient (Wildman–Crippen LogP) is 4.45. The monoisotopic (exact) mass is 341 g/mol. The van der Waals surface area contributed by atoms with E-state index in [-0.39, 0.29) is 5.91 Å². The zero-order valence-corrected chi connectivity index (χ0v) is 14.7. The Balaban J connectivity index is 2.91. The number of hydrogen-bond acceptors (Lipinski definition) is 2. The lowest BCUT2D eigenvalue weighted by molar-refractivity contribution is -0.117. The van der Waals surface area contributed by atoms with E-state index >= 15 is 0 Å². The summed E-state index contributed by atoms with van der Waals surface area (Å²) in [5.41, 5.74) is 2.87. The molecule has 1 N–H and O–H groups in total. The lowest BCUT2D eigenvalue weighted by Crippen LogP contribution is -2.31. The Morgan fingerprint density at radius 1 is 1.30 bits per heavy atom. The third kappa shape index (κ3) is 4.82. The molecule has 3 nitrogen and oxygen atoms in total. The van der Waals surface area contributed by atoms with Gasteiger partial charge in [-0.2, -0.15) is 0 Å². The Hall–Kier alpha value is -1.03. The van der Waals surface area contributed by atoms with Crippen LogP contribution in [0.15, 0.2) is 12.1 Å². The van der Waals surface area contributed by atoms with Crippen molar-refractivity contribution in [2.24, 2.45) is 5.92 Å². The first kappa shape index (κ1) is 17.0. The predicted molar refractivity (Wildman–Crippen MR) is 87.9 cm³/mol. The number of nitrogens with one attached hydrogen (secondary N) is 1. The second kappa shape index (κ2) is 6.61. The van der Waals surface area contributed by atoms with E-state index < -0.39 is 4.32 Å². The fourth-order valence-electron chi connectivity index (χ4n) is 1.78. The Morgan fingerprint density at radius 2 is 1.80 bits per heavy atom. The first-order chi connectivity index (χ1) is 9.11. The molecule has 1 rings (SSSR count). The van der Waals surface area contributed by atoms with Crippen LogP contribution < -0.4 is 10.1 Å². The molecule has 1 aromatic rings. The summed E-state index contributed by atoms with van der Waals surface area (Å²) < 4.78 is 5.25. The molecule has 0 unspecified atom stereocenters. The lowest BCUT2D eigenvalue weighted by Gasteiger charge is -2.18. The molecule has 0 radical (unpaired) electrons. The van der Waals surface area contributed by atoms with Gasteiger partial charge in [0.2, 0.25) is 5.91 Å². The minimum atomic E-state index is -0.582. The number of halogens is 1. The highest BCUT2D eigenvalue weighted by Gasteiger charge is 2.23. The molecule has 20 heavy (non-hydrogen) atoms. The second-order valence-corrected chi connectivity index (χ2v) is 8.05. The zero-order chi connectivity index (χ0) is 15.5. The van der Waals surface area contributed by atoms with Crippen LogP contribution in [0.4, 0.5) is 5.69 Å². The van der Waals surface area contributed by atoms with E-state index in [4.69, 9.17) is 4.74 Å². The van der Waals surface area contributed by atoms with Crippen LogP contribution in [-0.2, 0) is 4.79 Å². The quantitative estimate of drug-likeness (QED) is 0.803. The molecule has 0 spiro atoms. The van der Waals surface area contributed by atoms with Crippen LogP contribution in [0.3, 0.4) is 0 Å². The molecule has 0 bridgehead atoms. The van der Waals surface area contributed by atoms with Gasteiger partial charge in [-0.05, 0) is 56.9 Å². The summed E-state index contributed by atoms with van der Waals surface area (Å²) in [6, 6.07) is 3.89. The molecule has 0 heterocycles. The third-order valence-electron chi connectivity index (χ3n) is 2.82. The normalized spacial score (nSPS) is 11.6. The molecule has 1 aromatic carbocycles. The van der Waals surface area contributed by atoms with Gasteiger partial charge >= 0.3 is 0 Å². The van der Waals surface area contributed by atoms with Gasteiger partial charge in [-0.15, -0.1) is 0 Å². The molecule has 4 heteroatoms. The van der Waals surface area contributed by atoms with Gasteiger partial charge in [0.1, 0.15) is 5.75 Å². The largest absolute Gasteiger partial charge is 0.493 e. The Labute approximate surface area is 130 Å². The standard InChI is InChI=1S/C16H24BrNO2/c1-10(2)9-20-14-11(3)7-13(8-12(14)4)18-15(19)16(5,6)17/h7-8,10H,9H2,1-6H3,(H,18,19). The summed E-state index contributed by atoms with van der Waals surface area (Å²) in [6.07, 6.45) is 0. The van der Waals surface area contributed by atoms with E-state index in [0.29, 0.717) is 12.5 Å². The van der Waals surface area contributed by atoms with Crippen molar-refractivity contribution in [3.05, 3.63) is 23.3 Å². The average molecular weight is 342 g/mol. The maximum atomic E-state index is 12.0. The summed E-state index contributed by atoms with van der Waals surface area (Å²) in [5.74, 6) is 1.34. The number of carbonyl (C=O) groups is 1. The van der Waals surface area contributed by atoms with Crippen LogP contribution in [0.25, 0.3) is 0 Å². The third-order valence-corrected chi connectivity index (χ3v) is 3.18. The number of alkyl halides is 1. The molecule has 0 aliphatic rings. The second-order valence-electron chi connectivity index (χ2n) is 6.07. The number of anilines is 1. The van der Waals surface area contributed by atoms with E-state index in [9.17, 15) is 4.79 Å². The van der Waals surface area contributed by atoms with Gasteiger partial charge in [-0.1, -0.05) is 29.8 Å². The van der Waals surface area contributed by atoms with Gasteiger partial charge in [0.25, 0.3) is 0 Å². The summed E-state index contributed by atoms with van der Waals surface area (Å²) in [7, 11) is 0. The highest BCUT2D eigenvalue weighted by molar-refractivity contribution is 9.10. The Bertz CT molecular complexity index is 467. The number of aryl methyl sites for hydroxylation is 2. The van der Waals surface area contributed by atoms with Gasteiger partial charge < -0.3 is 10.1 Å². The van der Waals surface area contributed by atoms with E-state index in [1.165, 1.54) is 0 Å². The minimum absolute atomic E-state index is 0.0628. The molecular formula is C16H24BrNO2. The maximum absolute atomic E-state index is 12.0. The van der Waals surface area contributed by atoms with Crippen molar-refractivity contribution in [3.8, 4) is 5.75 Å². The number of amides is 1. The van der Waals surface area contributed by atoms with Crippen LogP contribution in [-0.4, -0.2) is 16.8 Å². The van der Waals surface area contributed by atoms with Gasteiger partial charge in [0.05, 0.1) is 10.9 Å². The molecule has 0 saturated carbocycles. The van der Waals surface area contributed by atoms with Crippen molar-refractivity contribution < 1.29 is 9.53 Å². The number of rotatable bonds is 5. The van der Waals surface area contributed by atoms with Crippen molar-refractivity contribution in [2.45, 2.75) is 45.9 Å². The Kier molecular flexibility index (Phi) is 5.63. The molecule has 0 aromatic heterocycles. The minimum Gasteiger partial charge on any atom is -0.493 e. The Morgan fingerprint density at radius 3 is 2.20 bits per heavy atom. The number of hydrogen-bond donors (Lipinski definition) is 1. The van der Waals surface area contributed by atoms with Crippen LogP contribution in [0, 0.1) is 19.8 Å². The van der Waals surface area contributed by atoms with Crippen molar-refractivity contribution in [3.63, 3.8) is 0 Å². The van der Waals surface area contributed by atoms with Gasteiger partial charge in [-0.3, -0.25) is 4.79 Å². The van der Waals surface area contributed by atoms with E-state index in [2.05, 4.69) is 35.1 Å². The molecule has 0 aliphatic heterocycles. The van der Waals surface area contributed by atoms with E-state index in [1.807, 2.05) is 39.8 Å². The van der Waals surface area contributed by atoms with Crippen LogP contribution in [0.5, 0.6) is 5.75 Å². The lowest BCUT2D eigenvalue weighted by atomic mass is 10.1. The first-order valence-corrected chi connectivity index (χ1v) is 7.65. The molecule has 112 valence electrons. The van der Waals surface area contributed by atoms with Crippen LogP contribution in [0.2, 0.25) is 0 Å². The zero-order valence-electron chi connectivity index (χ0n) is 13.1. The number of ether oxygens (including phenoxy) is 1. The molecule has 0 atom stereocenters. The SMILES string of the molecule is Cc1cc(NC(=O)C(C)(C)Br)cc(C)c1OCC(C)C. The first-order valence-electron chi connectivity index (χ1n) is 6.85. The van der Waals surface area contributed by atoms with Gasteiger partial charge in [0.15, 0.2) is 0 Å². The van der Waals surface area contributed by atoms with Crippen LogP contribution >= 0.6 is 15.9 Å². The molecule has 0 saturated heterocycles. The van der Waals surface area contributed by atoms with E-state index in [0.717, 1.165) is 22.6 Å². The number of benzene rings is 1. The topological polar surface area (TPSA) is 38.3 Å². The summed E-state index contributed by atoms with van der Waals surface area (Å²) in [4.78, 5) is 12.0. The van der Waals surface area contributed by atoms with Gasteiger partial charge in [0, 0.05) is 5.69 Å². The van der Waals surface area contributed by atoms with Crippen molar-refractivity contribution in [1.82, 2.24) is 0 Å². The molecule has 0 aliphatic carbocycles. The van der Waals surface area contributed by atoms with Crippen molar-refractivity contribution in [1.29, 1.82) is 0 Å². The molecule has 1 amide bonds. The van der Waals surface area contributed by atoms with Crippen molar-refractivity contribution in [2.75, 3.05) is 11.9 Å². The molecular weight excluding hydrogens is 318 g/mol. The van der Waals surface area contributed by atoms with E-state index in [1.54, 1.807) is 0 Å². The summed E-state index contributed by atoms with van der Waals surface area (Å²) in [6.45, 7) is 12.6. The summed E-state index contributed by atoms with van der Waals surface area (Å²) in [5, 5.41) is 2.91. The molecule has 0 fully saturated rings. The smallest absolute Gasteiger partial charge is 0.240 e.